The number of benzene rings is 2. The molecule has 6 nitrogen and oxygen atoms in total. The van der Waals surface area contributed by atoms with Crippen molar-refractivity contribution >= 4 is 23.5 Å². The predicted octanol–water partition coefficient (Wildman–Crippen LogP) is 4.46. The molecule has 0 aromatic heterocycles. The molecule has 0 bridgehead atoms. The zero-order valence-electron chi connectivity index (χ0n) is 16.4. The maximum Gasteiger partial charge on any atom is 0.337 e. The van der Waals surface area contributed by atoms with E-state index in [1.165, 1.54) is 11.0 Å². The second kappa shape index (κ2) is 9.87. The molecule has 1 fully saturated rings. The Labute approximate surface area is 170 Å². The summed E-state index contributed by atoms with van der Waals surface area (Å²) in [6.45, 7) is 1.64. The van der Waals surface area contributed by atoms with Crippen molar-refractivity contribution in [3.63, 3.8) is 0 Å². The van der Waals surface area contributed by atoms with E-state index in [0.717, 1.165) is 19.3 Å². The molecule has 0 atom stereocenters. The van der Waals surface area contributed by atoms with Crippen LogP contribution in [0.15, 0.2) is 54.6 Å². The molecule has 0 aliphatic carbocycles. The molecule has 1 heterocycles. The van der Waals surface area contributed by atoms with Gasteiger partial charge in [-0.3, -0.25) is 9.69 Å². The minimum Gasteiger partial charge on any atom is -0.478 e. The third-order valence-corrected chi connectivity index (χ3v) is 5.16. The monoisotopic (exact) mass is 394 g/mol. The first-order valence-corrected chi connectivity index (χ1v) is 10.0. The second-order valence-electron chi connectivity index (χ2n) is 7.20. The molecule has 2 aromatic rings. The fraction of sp³-hybridized carbons (Fsp3) is 0.348. The molecule has 1 aliphatic rings. The van der Waals surface area contributed by atoms with E-state index in [-0.39, 0.29) is 23.9 Å². The number of carboxylic acid groups (broad SMARTS) is 1. The molecular formula is C23H26N2O4. The molecule has 0 unspecified atom stereocenters. The summed E-state index contributed by atoms with van der Waals surface area (Å²) in [5.74, 6) is -1.06. The van der Waals surface area contributed by atoms with Crippen LogP contribution in [0.3, 0.4) is 0 Å². The standard InChI is InChI=1S/C23H26N2O4/c26-21(18-10-3-1-4-11-18)14-9-17-25(23(29)24-15-7-2-8-16-24)20-13-6-5-12-19(20)22(27)28/h1,3-6,10-13H,2,7-9,14-17H2,(H,27,28). The first kappa shape index (κ1) is 20.6. The lowest BCUT2D eigenvalue weighted by molar-refractivity contribution is 0.0697. The number of carbonyl (C=O) groups is 3. The predicted molar refractivity (Wildman–Crippen MR) is 112 cm³/mol. The summed E-state index contributed by atoms with van der Waals surface area (Å²) in [5.41, 5.74) is 1.11. The fourth-order valence-electron chi connectivity index (χ4n) is 3.63. The number of nitrogens with zero attached hydrogens (tertiary/aromatic N) is 2. The highest BCUT2D eigenvalue weighted by atomic mass is 16.4. The number of piperidine rings is 1. The number of anilines is 1. The number of hydrogen-bond donors (Lipinski definition) is 1. The van der Waals surface area contributed by atoms with Gasteiger partial charge in [0.1, 0.15) is 0 Å². The molecule has 1 saturated heterocycles. The number of Topliss-reactive ketones (excluding diaryl/α,β-unsaturated/α-hetero) is 1. The SMILES string of the molecule is O=C(CCCN(C(=O)N1CCCCC1)c1ccccc1C(=O)O)c1ccccc1. The molecule has 3 rings (SSSR count). The van der Waals surface area contributed by atoms with Gasteiger partial charge in [0.05, 0.1) is 11.3 Å². The summed E-state index contributed by atoms with van der Waals surface area (Å²) in [6.07, 6.45) is 3.75. The molecule has 2 aromatic carbocycles. The average molecular weight is 394 g/mol. The topological polar surface area (TPSA) is 77.9 Å². The van der Waals surface area contributed by atoms with Crippen molar-refractivity contribution in [3.05, 3.63) is 65.7 Å². The summed E-state index contributed by atoms with van der Waals surface area (Å²) in [6, 6.07) is 15.4. The Morgan fingerprint density at radius 3 is 2.24 bits per heavy atom. The van der Waals surface area contributed by atoms with Crippen LogP contribution in [0.25, 0.3) is 0 Å². The van der Waals surface area contributed by atoms with Crippen LogP contribution >= 0.6 is 0 Å². The van der Waals surface area contributed by atoms with E-state index in [0.29, 0.717) is 37.2 Å². The number of para-hydroxylation sites is 1. The summed E-state index contributed by atoms with van der Waals surface area (Å²) in [4.78, 5) is 40.6. The molecule has 29 heavy (non-hydrogen) atoms. The zero-order valence-corrected chi connectivity index (χ0v) is 16.4. The van der Waals surface area contributed by atoms with Gasteiger partial charge in [0.25, 0.3) is 0 Å². The van der Waals surface area contributed by atoms with Gasteiger partial charge in [0.2, 0.25) is 0 Å². The molecule has 0 spiro atoms. The number of hydrogen-bond acceptors (Lipinski definition) is 3. The molecular weight excluding hydrogens is 368 g/mol. The van der Waals surface area contributed by atoms with Gasteiger partial charge in [-0.05, 0) is 37.8 Å². The molecule has 1 N–H and O–H groups in total. The van der Waals surface area contributed by atoms with E-state index >= 15 is 0 Å². The molecule has 2 amide bonds. The summed E-state index contributed by atoms with van der Waals surface area (Å²) < 4.78 is 0. The molecule has 1 aliphatic heterocycles. The van der Waals surface area contributed by atoms with Crippen molar-refractivity contribution in [2.45, 2.75) is 32.1 Å². The van der Waals surface area contributed by atoms with E-state index in [1.54, 1.807) is 35.2 Å². The number of carboxylic acids is 1. The van der Waals surface area contributed by atoms with Crippen LogP contribution in [0.2, 0.25) is 0 Å². The lowest BCUT2D eigenvalue weighted by Gasteiger charge is -2.33. The van der Waals surface area contributed by atoms with Crippen LogP contribution in [0.5, 0.6) is 0 Å². The lowest BCUT2D eigenvalue weighted by atomic mass is 10.1. The average Bonchev–Trinajstić information content (AvgIpc) is 2.77. The smallest absolute Gasteiger partial charge is 0.337 e. The fourth-order valence-corrected chi connectivity index (χ4v) is 3.63. The van der Waals surface area contributed by atoms with E-state index in [9.17, 15) is 19.5 Å². The van der Waals surface area contributed by atoms with Crippen molar-refractivity contribution < 1.29 is 19.5 Å². The number of aromatic carboxylic acids is 1. The highest BCUT2D eigenvalue weighted by molar-refractivity contribution is 6.01. The Morgan fingerprint density at radius 2 is 1.55 bits per heavy atom. The first-order valence-electron chi connectivity index (χ1n) is 10.0. The van der Waals surface area contributed by atoms with Gasteiger partial charge >= 0.3 is 12.0 Å². The van der Waals surface area contributed by atoms with E-state index in [1.807, 2.05) is 18.2 Å². The lowest BCUT2D eigenvalue weighted by Crippen LogP contribution is -2.46. The number of likely N-dealkylation sites (tertiary alicyclic amines) is 1. The minimum atomic E-state index is -1.07. The van der Waals surface area contributed by atoms with Gasteiger partial charge < -0.3 is 10.0 Å². The van der Waals surface area contributed by atoms with Crippen molar-refractivity contribution in [1.82, 2.24) is 4.90 Å². The molecule has 6 heteroatoms. The van der Waals surface area contributed by atoms with Gasteiger partial charge in [0.15, 0.2) is 5.78 Å². The largest absolute Gasteiger partial charge is 0.478 e. The van der Waals surface area contributed by atoms with Crippen LogP contribution in [0.1, 0.15) is 52.8 Å². The number of amides is 2. The van der Waals surface area contributed by atoms with E-state index < -0.39 is 5.97 Å². The maximum atomic E-state index is 13.2. The minimum absolute atomic E-state index is 0.0162. The van der Waals surface area contributed by atoms with Gasteiger partial charge in [-0.2, -0.15) is 0 Å². The van der Waals surface area contributed by atoms with Crippen molar-refractivity contribution in [3.8, 4) is 0 Å². The van der Waals surface area contributed by atoms with Crippen LogP contribution in [-0.2, 0) is 0 Å². The van der Waals surface area contributed by atoms with Crippen molar-refractivity contribution in [1.29, 1.82) is 0 Å². The van der Waals surface area contributed by atoms with Crippen LogP contribution < -0.4 is 4.90 Å². The Balaban J connectivity index is 1.77. The Morgan fingerprint density at radius 1 is 0.897 bits per heavy atom. The highest BCUT2D eigenvalue weighted by Gasteiger charge is 2.26. The van der Waals surface area contributed by atoms with Crippen molar-refractivity contribution in [2.75, 3.05) is 24.5 Å². The van der Waals surface area contributed by atoms with E-state index in [2.05, 4.69) is 0 Å². The van der Waals surface area contributed by atoms with Gasteiger partial charge in [0, 0.05) is 31.6 Å². The maximum absolute atomic E-state index is 13.2. The number of ketones is 1. The molecule has 0 saturated carbocycles. The van der Waals surface area contributed by atoms with Gasteiger partial charge in [-0.1, -0.05) is 42.5 Å². The number of rotatable bonds is 7. The summed E-state index contributed by atoms with van der Waals surface area (Å²) >= 11 is 0. The van der Waals surface area contributed by atoms with Crippen molar-refractivity contribution in [2.24, 2.45) is 0 Å². The van der Waals surface area contributed by atoms with Crippen LogP contribution in [-0.4, -0.2) is 47.4 Å². The van der Waals surface area contributed by atoms with Crippen LogP contribution in [0.4, 0.5) is 10.5 Å². The van der Waals surface area contributed by atoms with Gasteiger partial charge in [-0.15, -0.1) is 0 Å². The third kappa shape index (κ3) is 5.22. The third-order valence-electron chi connectivity index (χ3n) is 5.16. The first-order chi connectivity index (χ1) is 14.1. The summed E-state index contributed by atoms with van der Waals surface area (Å²) in [5, 5.41) is 9.56. The normalized spacial score (nSPS) is 13.7. The van der Waals surface area contributed by atoms with Gasteiger partial charge in [-0.25, -0.2) is 9.59 Å². The Bertz CT molecular complexity index is 860. The molecule has 152 valence electrons. The van der Waals surface area contributed by atoms with Crippen LogP contribution in [0, 0.1) is 0 Å². The summed E-state index contributed by atoms with van der Waals surface area (Å²) in [7, 11) is 0. The Hall–Kier alpha value is -3.15. The Kier molecular flexibility index (Phi) is 7.00. The number of urea groups is 1. The highest BCUT2D eigenvalue weighted by Crippen LogP contribution is 2.24. The quantitative estimate of drug-likeness (QED) is 0.703. The molecule has 0 radical (unpaired) electrons. The second-order valence-corrected chi connectivity index (χ2v) is 7.20. The zero-order chi connectivity index (χ0) is 20.6. The number of carbonyl (C=O) groups excluding carboxylic acids is 2. The van der Waals surface area contributed by atoms with E-state index in [4.69, 9.17) is 0 Å².